The molecule has 0 saturated carbocycles. The molecule has 2 N–H and O–H groups in total. The third kappa shape index (κ3) is 4.55. The minimum atomic E-state index is -0.0145. The number of benzene rings is 2. The van der Waals surface area contributed by atoms with Crippen molar-refractivity contribution in [2.75, 3.05) is 26.8 Å². The third-order valence-electron chi connectivity index (χ3n) is 7.04. The quantitative estimate of drug-likeness (QED) is 0.564. The van der Waals surface area contributed by atoms with Crippen LogP contribution < -0.4 is 4.74 Å². The predicted molar refractivity (Wildman–Crippen MR) is 123 cm³/mol. The molecule has 1 aromatic heterocycles. The van der Waals surface area contributed by atoms with Crippen molar-refractivity contribution in [1.29, 1.82) is 0 Å². The monoisotopic (exact) mass is 406 g/mol. The highest BCUT2D eigenvalue weighted by Crippen LogP contribution is 2.36. The standard InChI is InChI=1S/C26H34N2O2/c1-20(10-11-22-18-27-25-9-4-3-8-24(22)25)28-14-12-26(19-29,13-15-28)17-21-6-5-7-23(16-21)30-2/h3-9,16,18,20,27,29H,10-15,17,19H2,1-2H3/t20-/m1/s1. The number of aryl methyl sites for hydroxylation is 1. The number of nitrogens with one attached hydrogen (secondary N) is 1. The fourth-order valence-electron chi connectivity index (χ4n) is 4.93. The molecule has 30 heavy (non-hydrogen) atoms. The van der Waals surface area contributed by atoms with Crippen LogP contribution in [0.2, 0.25) is 0 Å². The Balaban J connectivity index is 1.33. The Morgan fingerprint density at radius 2 is 1.93 bits per heavy atom. The molecule has 0 aliphatic carbocycles. The van der Waals surface area contributed by atoms with Crippen molar-refractivity contribution in [2.24, 2.45) is 5.41 Å². The van der Waals surface area contributed by atoms with Crippen molar-refractivity contribution < 1.29 is 9.84 Å². The number of piperidine rings is 1. The molecule has 0 amide bonds. The topological polar surface area (TPSA) is 48.5 Å². The van der Waals surface area contributed by atoms with E-state index in [-0.39, 0.29) is 12.0 Å². The minimum absolute atomic E-state index is 0.0145. The number of aliphatic hydroxyl groups excluding tert-OH is 1. The van der Waals surface area contributed by atoms with Gasteiger partial charge in [0.05, 0.1) is 7.11 Å². The van der Waals surface area contributed by atoms with Gasteiger partial charge in [0.1, 0.15) is 5.75 Å². The maximum Gasteiger partial charge on any atom is 0.119 e. The summed E-state index contributed by atoms with van der Waals surface area (Å²) in [5, 5.41) is 11.6. The van der Waals surface area contributed by atoms with E-state index in [1.54, 1.807) is 7.11 Å². The molecular weight excluding hydrogens is 372 g/mol. The first-order chi connectivity index (χ1) is 14.6. The molecule has 1 fully saturated rings. The van der Waals surface area contributed by atoms with Crippen LogP contribution in [0.25, 0.3) is 10.9 Å². The molecular formula is C26H34N2O2. The van der Waals surface area contributed by atoms with Crippen LogP contribution >= 0.6 is 0 Å². The fourth-order valence-corrected chi connectivity index (χ4v) is 4.93. The lowest BCUT2D eigenvalue weighted by atomic mass is 9.74. The van der Waals surface area contributed by atoms with Gasteiger partial charge in [0.15, 0.2) is 0 Å². The highest BCUT2D eigenvalue weighted by molar-refractivity contribution is 5.83. The van der Waals surface area contributed by atoms with Gasteiger partial charge in [0, 0.05) is 29.7 Å². The van der Waals surface area contributed by atoms with Gasteiger partial charge in [-0.2, -0.15) is 0 Å². The molecule has 0 radical (unpaired) electrons. The van der Waals surface area contributed by atoms with Crippen LogP contribution in [0.4, 0.5) is 0 Å². The van der Waals surface area contributed by atoms with Crippen molar-refractivity contribution in [3.63, 3.8) is 0 Å². The molecule has 2 heterocycles. The van der Waals surface area contributed by atoms with E-state index in [4.69, 9.17) is 4.74 Å². The maximum absolute atomic E-state index is 10.2. The molecule has 1 aliphatic heterocycles. The van der Waals surface area contributed by atoms with Crippen LogP contribution in [0.3, 0.4) is 0 Å². The average molecular weight is 407 g/mol. The molecule has 4 heteroatoms. The summed E-state index contributed by atoms with van der Waals surface area (Å²) in [7, 11) is 1.71. The molecule has 0 bridgehead atoms. The summed E-state index contributed by atoms with van der Waals surface area (Å²) in [6.45, 7) is 4.71. The van der Waals surface area contributed by atoms with Gasteiger partial charge in [0.25, 0.3) is 0 Å². The summed E-state index contributed by atoms with van der Waals surface area (Å²) in [6.07, 6.45) is 7.41. The number of methoxy groups -OCH3 is 1. The molecule has 1 saturated heterocycles. The van der Waals surface area contributed by atoms with Crippen molar-refractivity contribution in [2.45, 2.75) is 45.1 Å². The van der Waals surface area contributed by atoms with Crippen LogP contribution in [0.15, 0.2) is 54.7 Å². The molecule has 0 spiro atoms. The number of aromatic nitrogens is 1. The molecule has 1 atom stereocenters. The van der Waals surface area contributed by atoms with Gasteiger partial charge in [-0.15, -0.1) is 0 Å². The summed E-state index contributed by atoms with van der Waals surface area (Å²) in [4.78, 5) is 6.00. The molecule has 160 valence electrons. The number of ether oxygens (including phenoxy) is 1. The Bertz CT molecular complexity index is 956. The number of para-hydroxylation sites is 1. The Hall–Kier alpha value is -2.30. The normalized spacial score (nSPS) is 17.8. The summed E-state index contributed by atoms with van der Waals surface area (Å²) < 4.78 is 5.37. The lowest BCUT2D eigenvalue weighted by Crippen LogP contribution is -2.46. The van der Waals surface area contributed by atoms with Crippen LogP contribution in [-0.2, 0) is 12.8 Å². The molecule has 1 aliphatic rings. The number of fused-ring (bicyclic) bond motifs is 1. The number of aromatic amines is 1. The second kappa shape index (κ2) is 9.23. The van der Waals surface area contributed by atoms with Gasteiger partial charge >= 0.3 is 0 Å². The second-order valence-electron chi connectivity index (χ2n) is 8.97. The number of hydrogen-bond donors (Lipinski definition) is 2. The predicted octanol–water partition coefficient (Wildman–Crippen LogP) is 4.81. The number of likely N-dealkylation sites (tertiary alicyclic amines) is 1. The lowest BCUT2D eigenvalue weighted by molar-refractivity contribution is 0.0289. The number of hydrogen-bond acceptors (Lipinski definition) is 3. The van der Waals surface area contributed by atoms with Gasteiger partial charge in [-0.05, 0) is 86.9 Å². The first kappa shape index (κ1) is 21.0. The zero-order valence-electron chi connectivity index (χ0n) is 18.2. The average Bonchev–Trinajstić information content (AvgIpc) is 3.21. The Morgan fingerprint density at radius 1 is 1.13 bits per heavy atom. The first-order valence-corrected chi connectivity index (χ1v) is 11.2. The number of nitrogens with zero attached hydrogens (tertiary/aromatic N) is 1. The van der Waals surface area contributed by atoms with Gasteiger partial charge in [0.2, 0.25) is 0 Å². The summed E-state index contributed by atoms with van der Waals surface area (Å²) in [6, 6.07) is 17.4. The first-order valence-electron chi connectivity index (χ1n) is 11.2. The van der Waals surface area contributed by atoms with E-state index < -0.39 is 0 Å². The lowest BCUT2D eigenvalue weighted by Gasteiger charge is -2.43. The van der Waals surface area contributed by atoms with Gasteiger partial charge in [-0.1, -0.05) is 30.3 Å². The van der Waals surface area contributed by atoms with E-state index in [2.05, 4.69) is 59.4 Å². The fraction of sp³-hybridized carbons (Fsp3) is 0.462. The van der Waals surface area contributed by atoms with E-state index in [1.807, 2.05) is 12.1 Å². The van der Waals surface area contributed by atoms with Crippen molar-refractivity contribution >= 4 is 10.9 Å². The highest BCUT2D eigenvalue weighted by Gasteiger charge is 2.35. The summed E-state index contributed by atoms with van der Waals surface area (Å²) in [5.41, 5.74) is 3.88. The van der Waals surface area contributed by atoms with E-state index in [9.17, 15) is 5.11 Å². The van der Waals surface area contributed by atoms with Gasteiger partial charge < -0.3 is 19.7 Å². The van der Waals surface area contributed by atoms with E-state index in [0.717, 1.165) is 50.9 Å². The Kier molecular flexibility index (Phi) is 6.45. The van der Waals surface area contributed by atoms with Crippen LogP contribution in [-0.4, -0.2) is 47.8 Å². The third-order valence-corrected chi connectivity index (χ3v) is 7.04. The number of H-pyrrole nitrogens is 1. The van der Waals surface area contributed by atoms with Crippen molar-refractivity contribution in [3.05, 3.63) is 65.9 Å². The Morgan fingerprint density at radius 3 is 2.70 bits per heavy atom. The molecule has 4 nitrogen and oxygen atoms in total. The van der Waals surface area contributed by atoms with Gasteiger partial charge in [-0.25, -0.2) is 0 Å². The molecule has 0 unspecified atom stereocenters. The van der Waals surface area contributed by atoms with Crippen LogP contribution in [0.5, 0.6) is 5.75 Å². The van der Waals surface area contributed by atoms with Crippen LogP contribution in [0, 0.1) is 5.41 Å². The highest BCUT2D eigenvalue weighted by atomic mass is 16.5. The van der Waals surface area contributed by atoms with Crippen molar-refractivity contribution in [3.8, 4) is 5.75 Å². The summed E-state index contributed by atoms with van der Waals surface area (Å²) in [5.74, 6) is 0.893. The number of aliphatic hydroxyl groups is 1. The van der Waals surface area contributed by atoms with Crippen molar-refractivity contribution in [1.82, 2.24) is 9.88 Å². The minimum Gasteiger partial charge on any atom is -0.497 e. The van der Waals surface area contributed by atoms with E-state index in [1.165, 1.54) is 22.0 Å². The Labute approximate surface area is 179 Å². The molecule has 2 aromatic carbocycles. The second-order valence-corrected chi connectivity index (χ2v) is 8.97. The smallest absolute Gasteiger partial charge is 0.119 e. The zero-order chi connectivity index (χ0) is 21.0. The molecule has 3 aromatic rings. The molecule has 4 rings (SSSR count). The largest absolute Gasteiger partial charge is 0.497 e. The zero-order valence-corrected chi connectivity index (χ0v) is 18.2. The number of rotatable bonds is 8. The van der Waals surface area contributed by atoms with Crippen LogP contribution in [0.1, 0.15) is 37.3 Å². The van der Waals surface area contributed by atoms with E-state index >= 15 is 0 Å². The SMILES string of the molecule is COc1cccc(CC2(CO)CCN([C@H](C)CCc3c[nH]c4ccccc34)CC2)c1. The van der Waals surface area contributed by atoms with E-state index in [0.29, 0.717) is 6.04 Å². The summed E-state index contributed by atoms with van der Waals surface area (Å²) >= 11 is 0. The maximum atomic E-state index is 10.2. The van der Waals surface area contributed by atoms with Gasteiger partial charge in [-0.3, -0.25) is 0 Å².